The SMILES string of the molecule is COc1ccccc1OCc1ccc(C(=O)Nc2nc3ccc(C)cc3s2)o1. The molecule has 2 aromatic heterocycles. The maximum absolute atomic E-state index is 12.4. The van der Waals surface area contributed by atoms with Crippen molar-refractivity contribution >= 4 is 32.6 Å². The molecule has 0 bridgehead atoms. The highest BCUT2D eigenvalue weighted by atomic mass is 32.1. The van der Waals surface area contributed by atoms with Gasteiger partial charge in [-0.25, -0.2) is 4.98 Å². The molecule has 6 nitrogen and oxygen atoms in total. The molecule has 2 aromatic carbocycles. The minimum atomic E-state index is -0.348. The zero-order valence-electron chi connectivity index (χ0n) is 15.4. The first-order chi connectivity index (χ1) is 13.6. The summed E-state index contributed by atoms with van der Waals surface area (Å²) in [6, 6.07) is 16.7. The van der Waals surface area contributed by atoms with Gasteiger partial charge in [0.15, 0.2) is 22.4 Å². The lowest BCUT2D eigenvalue weighted by Gasteiger charge is -2.08. The Hall–Kier alpha value is -3.32. The number of aryl methyl sites for hydroxylation is 1. The van der Waals surface area contributed by atoms with Crippen LogP contribution in [0.5, 0.6) is 11.5 Å². The number of thiazole rings is 1. The summed E-state index contributed by atoms with van der Waals surface area (Å²) < 4.78 is 17.6. The van der Waals surface area contributed by atoms with Crippen LogP contribution in [0.25, 0.3) is 10.2 Å². The lowest BCUT2D eigenvalue weighted by atomic mass is 10.2. The fourth-order valence-electron chi connectivity index (χ4n) is 2.71. The smallest absolute Gasteiger partial charge is 0.293 e. The van der Waals surface area contributed by atoms with Crippen molar-refractivity contribution in [3.8, 4) is 11.5 Å². The Morgan fingerprint density at radius 1 is 1.14 bits per heavy atom. The number of fused-ring (bicyclic) bond motifs is 1. The van der Waals surface area contributed by atoms with Crippen LogP contribution in [0.2, 0.25) is 0 Å². The Morgan fingerprint density at radius 3 is 2.79 bits per heavy atom. The number of rotatable bonds is 6. The minimum absolute atomic E-state index is 0.189. The van der Waals surface area contributed by atoms with Gasteiger partial charge in [-0.05, 0) is 48.9 Å². The summed E-state index contributed by atoms with van der Waals surface area (Å²) in [6.45, 7) is 2.21. The summed E-state index contributed by atoms with van der Waals surface area (Å²) in [5.74, 6) is 1.64. The second-order valence-electron chi connectivity index (χ2n) is 6.15. The number of carbonyl (C=O) groups is 1. The quantitative estimate of drug-likeness (QED) is 0.496. The number of methoxy groups -OCH3 is 1. The normalized spacial score (nSPS) is 10.8. The van der Waals surface area contributed by atoms with E-state index in [-0.39, 0.29) is 18.3 Å². The van der Waals surface area contributed by atoms with Crippen LogP contribution in [-0.4, -0.2) is 18.0 Å². The molecule has 0 fully saturated rings. The monoisotopic (exact) mass is 394 g/mol. The van der Waals surface area contributed by atoms with Crippen LogP contribution in [0.1, 0.15) is 21.9 Å². The summed E-state index contributed by atoms with van der Waals surface area (Å²) in [5.41, 5.74) is 2.01. The second kappa shape index (κ2) is 7.74. The van der Waals surface area contributed by atoms with Gasteiger partial charge in [-0.3, -0.25) is 10.1 Å². The number of carbonyl (C=O) groups excluding carboxylic acids is 1. The first-order valence-electron chi connectivity index (χ1n) is 8.65. The fraction of sp³-hybridized carbons (Fsp3) is 0.143. The average Bonchev–Trinajstić information content (AvgIpc) is 3.32. The van der Waals surface area contributed by atoms with Gasteiger partial charge in [0.2, 0.25) is 0 Å². The van der Waals surface area contributed by atoms with E-state index in [1.54, 1.807) is 19.2 Å². The van der Waals surface area contributed by atoms with E-state index < -0.39 is 0 Å². The summed E-state index contributed by atoms with van der Waals surface area (Å²) in [7, 11) is 1.58. The number of para-hydroxylation sites is 2. The maximum Gasteiger partial charge on any atom is 0.293 e. The lowest BCUT2D eigenvalue weighted by molar-refractivity contribution is 0.0992. The van der Waals surface area contributed by atoms with Crippen molar-refractivity contribution in [1.29, 1.82) is 0 Å². The molecule has 28 heavy (non-hydrogen) atoms. The Morgan fingerprint density at radius 2 is 1.96 bits per heavy atom. The van der Waals surface area contributed by atoms with Gasteiger partial charge in [-0.1, -0.05) is 29.5 Å². The van der Waals surface area contributed by atoms with E-state index in [1.165, 1.54) is 11.3 Å². The summed E-state index contributed by atoms with van der Waals surface area (Å²) in [4.78, 5) is 16.9. The molecule has 4 rings (SSSR count). The Balaban J connectivity index is 1.42. The Bertz CT molecular complexity index is 1130. The zero-order chi connectivity index (χ0) is 19.5. The number of aromatic nitrogens is 1. The van der Waals surface area contributed by atoms with Crippen molar-refractivity contribution in [3.05, 3.63) is 71.7 Å². The molecule has 1 amide bonds. The third kappa shape index (κ3) is 3.84. The van der Waals surface area contributed by atoms with Gasteiger partial charge >= 0.3 is 0 Å². The van der Waals surface area contributed by atoms with E-state index in [4.69, 9.17) is 13.9 Å². The predicted octanol–water partition coefficient (Wildman–Crippen LogP) is 5.04. The van der Waals surface area contributed by atoms with Gasteiger partial charge in [-0.15, -0.1) is 0 Å². The van der Waals surface area contributed by atoms with Crippen LogP contribution < -0.4 is 14.8 Å². The van der Waals surface area contributed by atoms with Crippen LogP contribution in [0.15, 0.2) is 59.0 Å². The molecule has 0 atom stereocenters. The molecule has 0 aliphatic rings. The number of ether oxygens (including phenoxy) is 2. The standard InChI is InChI=1S/C21H18N2O4S/c1-13-7-9-15-19(11-13)28-21(22-15)23-20(24)18-10-8-14(27-18)12-26-17-6-4-3-5-16(17)25-2/h3-11H,12H2,1-2H3,(H,22,23,24). The number of furan rings is 1. The van der Waals surface area contributed by atoms with Crippen molar-refractivity contribution < 1.29 is 18.7 Å². The van der Waals surface area contributed by atoms with Crippen molar-refractivity contribution in [2.45, 2.75) is 13.5 Å². The number of amides is 1. The summed E-state index contributed by atoms with van der Waals surface area (Å²) in [5, 5.41) is 3.32. The number of nitrogens with one attached hydrogen (secondary N) is 1. The molecule has 0 unspecified atom stereocenters. The molecule has 0 spiro atoms. The highest BCUT2D eigenvalue weighted by Crippen LogP contribution is 2.28. The van der Waals surface area contributed by atoms with Gasteiger partial charge < -0.3 is 13.9 Å². The molecule has 142 valence electrons. The molecular weight excluding hydrogens is 376 g/mol. The van der Waals surface area contributed by atoms with E-state index in [1.807, 2.05) is 49.4 Å². The predicted molar refractivity (Wildman–Crippen MR) is 108 cm³/mol. The molecule has 1 N–H and O–H groups in total. The van der Waals surface area contributed by atoms with Crippen LogP contribution in [-0.2, 0) is 6.61 Å². The number of nitrogens with zero attached hydrogens (tertiary/aromatic N) is 1. The topological polar surface area (TPSA) is 73.6 Å². The average molecular weight is 394 g/mol. The number of hydrogen-bond acceptors (Lipinski definition) is 6. The molecule has 7 heteroatoms. The zero-order valence-corrected chi connectivity index (χ0v) is 16.2. The molecule has 0 aliphatic carbocycles. The van der Waals surface area contributed by atoms with E-state index in [9.17, 15) is 4.79 Å². The molecule has 0 saturated heterocycles. The van der Waals surface area contributed by atoms with Crippen LogP contribution in [0, 0.1) is 6.92 Å². The second-order valence-corrected chi connectivity index (χ2v) is 7.18. The first kappa shape index (κ1) is 18.1. The van der Waals surface area contributed by atoms with Gasteiger partial charge in [0, 0.05) is 0 Å². The van der Waals surface area contributed by atoms with Crippen LogP contribution in [0.4, 0.5) is 5.13 Å². The van der Waals surface area contributed by atoms with E-state index >= 15 is 0 Å². The molecule has 0 saturated carbocycles. The maximum atomic E-state index is 12.4. The third-order valence-electron chi connectivity index (χ3n) is 4.09. The van der Waals surface area contributed by atoms with E-state index in [2.05, 4.69) is 10.3 Å². The molecular formula is C21H18N2O4S. The lowest BCUT2D eigenvalue weighted by Crippen LogP contribution is -2.10. The van der Waals surface area contributed by atoms with E-state index in [0.29, 0.717) is 22.4 Å². The molecule has 2 heterocycles. The largest absolute Gasteiger partial charge is 0.493 e. The highest BCUT2D eigenvalue weighted by molar-refractivity contribution is 7.22. The van der Waals surface area contributed by atoms with Crippen molar-refractivity contribution in [3.63, 3.8) is 0 Å². The first-order valence-corrected chi connectivity index (χ1v) is 9.47. The fourth-order valence-corrected chi connectivity index (χ4v) is 3.67. The van der Waals surface area contributed by atoms with Gasteiger partial charge in [-0.2, -0.15) is 0 Å². The summed E-state index contributed by atoms with van der Waals surface area (Å²) >= 11 is 1.43. The number of anilines is 1. The summed E-state index contributed by atoms with van der Waals surface area (Å²) in [6.07, 6.45) is 0. The Kier molecular flexibility index (Phi) is 4.99. The molecule has 4 aromatic rings. The van der Waals surface area contributed by atoms with E-state index in [0.717, 1.165) is 15.8 Å². The van der Waals surface area contributed by atoms with Crippen LogP contribution in [0.3, 0.4) is 0 Å². The van der Waals surface area contributed by atoms with Crippen molar-refractivity contribution in [2.24, 2.45) is 0 Å². The van der Waals surface area contributed by atoms with Crippen LogP contribution >= 0.6 is 11.3 Å². The van der Waals surface area contributed by atoms with Gasteiger partial charge in [0.05, 0.1) is 17.3 Å². The molecule has 0 aliphatic heterocycles. The Labute approximate surface area is 165 Å². The van der Waals surface area contributed by atoms with Crippen molar-refractivity contribution in [2.75, 3.05) is 12.4 Å². The van der Waals surface area contributed by atoms with Gasteiger partial charge in [0.25, 0.3) is 5.91 Å². The minimum Gasteiger partial charge on any atom is -0.493 e. The highest BCUT2D eigenvalue weighted by Gasteiger charge is 2.15. The number of hydrogen-bond donors (Lipinski definition) is 1. The third-order valence-corrected chi connectivity index (χ3v) is 5.02. The number of benzene rings is 2. The van der Waals surface area contributed by atoms with Gasteiger partial charge in [0.1, 0.15) is 12.4 Å². The van der Waals surface area contributed by atoms with Crippen molar-refractivity contribution in [1.82, 2.24) is 4.98 Å². The molecule has 0 radical (unpaired) electrons.